The lowest BCUT2D eigenvalue weighted by Crippen LogP contribution is -2.32. The highest BCUT2D eigenvalue weighted by Crippen LogP contribution is 2.31. The van der Waals surface area contributed by atoms with Gasteiger partial charge in [0.25, 0.3) is 0 Å². The lowest BCUT2D eigenvalue weighted by molar-refractivity contribution is -0.384. The Kier molecular flexibility index (Phi) is 5.71. The molecule has 1 heterocycles. The summed E-state index contributed by atoms with van der Waals surface area (Å²) in [7, 11) is 0. The van der Waals surface area contributed by atoms with Crippen LogP contribution in [-0.2, 0) is 6.54 Å². The van der Waals surface area contributed by atoms with Gasteiger partial charge in [-0.05, 0) is 13.3 Å². The molecule has 0 unspecified atom stereocenters. The largest absolute Gasteiger partial charge is 0.395 e. The maximum Gasteiger partial charge on any atom is 0.333 e. The number of hydrogen-bond acceptors (Lipinski definition) is 6. The molecule has 0 aliphatic carbocycles. The second-order valence-corrected chi connectivity index (χ2v) is 4.17. The number of nitrogens with zero attached hydrogens (tertiary/aromatic N) is 4. The average Bonchev–Trinajstić information content (AvgIpc) is 2.66. The molecule has 1 aromatic rings. The second kappa shape index (κ2) is 7.05. The van der Waals surface area contributed by atoms with Crippen molar-refractivity contribution in [1.82, 2.24) is 9.78 Å². The van der Waals surface area contributed by atoms with E-state index in [4.69, 9.17) is 10.2 Å². The summed E-state index contributed by atoms with van der Waals surface area (Å²) in [6.45, 7) is 4.24. The molecule has 0 bridgehead atoms. The molecule has 108 valence electrons. The first-order chi connectivity index (χ1) is 9.06. The van der Waals surface area contributed by atoms with Crippen molar-refractivity contribution in [2.45, 2.75) is 26.8 Å². The van der Waals surface area contributed by atoms with Gasteiger partial charge < -0.3 is 15.1 Å². The minimum absolute atomic E-state index is 0.0599. The van der Waals surface area contributed by atoms with Crippen LogP contribution in [0.4, 0.5) is 11.5 Å². The highest BCUT2D eigenvalue weighted by molar-refractivity contribution is 5.61. The zero-order valence-electron chi connectivity index (χ0n) is 11.2. The van der Waals surface area contributed by atoms with E-state index >= 15 is 0 Å². The van der Waals surface area contributed by atoms with Crippen LogP contribution in [0.5, 0.6) is 0 Å². The molecule has 8 nitrogen and oxygen atoms in total. The van der Waals surface area contributed by atoms with Gasteiger partial charge >= 0.3 is 5.69 Å². The molecule has 0 saturated heterocycles. The van der Waals surface area contributed by atoms with Gasteiger partial charge in [0, 0.05) is 19.6 Å². The summed E-state index contributed by atoms with van der Waals surface area (Å²) in [6, 6.07) is 0. The summed E-state index contributed by atoms with van der Waals surface area (Å²) in [6.07, 6.45) is 0.789. The van der Waals surface area contributed by atoms with E-state index in [1.807, 2.05) is 6.92 Å². The van der Waals surface area contributed by atoms with Gasteiger partial charge in [-0.1, -0.05) is 6.92 Å². The first-order valence-corrected chi connectivity index (χ1v) is 6.25. The van der Waals surface area contributed by atoms with E-state index in [9.17, 15) is 10.1 Å². The van der Waals surface area contributed by atoms with Crippen molar-refractivity contribution in [2.75, 3.05) is 31.2 Å². The fourth-order valence-electron chi connectivity index (χ4n) is 2.02. The summed E-state index contributed by atoms with van der Waals surface area (Å²) < 4.78 is 1.57. The molecule has 0 saturated carbocycles. The number of rotatable bonds is 8. The van der Waals surface area contributed by atoms with Gasteiger partial charge in [0.15, 0.2) is 0 Å². The molecular formula is C11H20N4O4. The van der Waals surface area contributed by atoms with Gasteiger partial charge in [-0.3, -0.25) is 10.1 Å². The average molecular weight is 272 g/mol. The topological polar surface area (TPSA) is 105 Å². The van der Waals surface area contributed by atoms with Crippen molar-refractivity contribution in [2.24, 2.45) is 0 Å². The van der Waals surface area contributed by atoms with E-state index in [1.54, 1.807) is 16.5 Å². The van der Waals surface area contributed by atoms with Gasteiger partial charge in [-0.2, -0.15) is 5.10 Å². The summed E-state index contributed by atoms with van der Waals surface area (Å²) in [5.74, 6) is 0.354. The second-order valence-electron chi connectivity index (χ2n) is 4.17. The van der Waals surface area contributed by atoms with Crippen LogP contribution < -0.4 is 4.90 Å². The van der Waals surface area contributed by atoms with E-state index in [-0.39, 0.29) is 32.0 Å². The minimum atomic E-state index is -0.467. The van der Waals surface area contributed by atoms with Crippen molar-refractivity contribution in [1.29, 1.82) is 0 Å². The highest BCUT2D eigenvalue weighted by atomic mass is 16.6. The zero-order chi connectivity index (χ0) is 14.4. The maximum atomic E-state index is 11.2. The van der Waals surface area contributed by atoms with Gasteiger partial charge in [-0.15, -0.1) is 0 Å². The predicted octanol–water partition coefficient (Wildman–Crippen LogP) is 0.301. The number of aliphatic hydroxyl groups is 2. The molecule has 0 spiro atoms. The highest BCUT2D eigenvalue weighted by Gasteiger charge is 2.28. The SMILES string of the molecule is CCCn1nc(C)c([N+](=O)[O-])c1N(CCO)CCO. The summed E-state index contributed by atoms with van der Waals surface area (Å²) in [5, 5.41) is 33.5. The van der Waals surface area contributed by atoms with E-state index in [0.717, 1.165) is 6.42 Å². The Labute approximate surface area is 111 Å². The normalized spacial score (nSPS) is 10.7. The van der Waals surface area contributed by atoms with Crippen LogP contribution >= 0.6 is 0 Å². The number of aromatic nitrogens is 2. The molecule has 0 aliphatic heterocycles. The Balaban J connectivity index is 3.28. The maximum absolute atomic E-state index is 11.2. The third-order valence-corrected chi connectivity index (χ3v) is 2.73. The van der Waals surface area contributed by atoms with Crippen LogP contribution in [0.15, 0.2) is 0 Å². The molecule has 0 aliphatic rings. The lowest BCUT2D eigenvalue weighted by atomic mass is 10.3. The van der Waals surface area contributed by atoms with Crippen LogP contribution in [0.1, 0.15) is 19.0 Å². The molecule has 0 atom stereocenters. The Hall–Kier alpha value is -1.67. The van der Waals surface area contributed by atoms with Crippen LogP contribution in [0, 0.1) is 17.0 Å². The van der Waals surface area contributed by atoms with Crippen molar-refractivity contribution in [3.05, 3.63) is 15.8 Å². The van der Waals surface area contributed by atoms with E-state index in [2.05, 4.69) is 5.10 Å². The van der Waals surface area contributed by atoms with Gasteiger partial charge in [-0.25, -0.2) is 4.68 Å². The summed E-state index contributed by atoms with van der Waals surface area (Å²) in [4.78, 5) is 12.3. The molecule has 0 fully saturated rings. The third-order valence-electron chi connectivity index (χ3n) is 2.73. The van der Waals surface area contributed by atoms with Crippen molar-refractivity contribution in [3.8, 4) is 0 Å². The molecule has 0 amide bonds. The van der Waals surface area contributed by atoms with Gasteiger partial charge in [0.05, 0.1) is 18.1 Å². The fraction of sp³-hybridized carbons (Fsp3) is 0.727. The summed E-state index contributed by atoms with van der Waals surface area (Å²) >= 11 is 0. The first kappa shape index (κ1) is 15.4. The van der Waals surface area contributed by atoms with Crippen molar-refractivity contribution in [3.63, 3.8) is 0 Å². The molecule has 2 N–H and O–H groups in total. The van der Waals surface area contributed by atoms with Gasteiger partial charge in [0.2, 0.25) is 5.82 Å². The minimum Gasteiger partial charge on any atom is -0.395 e. The van der Waals surface area contributed by atoms with Crippen molar-refractivity contribution < 1.29 is 15.1 Å². The zero-order valence-corrected chi connectivity index (χ0v) is 11.2. The molecule has 8 heteroatoms. The molecule has 0 radical (unpaired) electrons. The Bertz CT molecular complexity index is 427. The fourth-order valence-corrected chi connectivity index (χ4v) is 2.02. The number of nitro groups is 1. The Morgan fingerprint density at radius 1 is 1.37 bits per heavy atom. The van der Waals surface area contributed by atoms with E-state index in [1.165, 1.54) is 0 Å². The molecule has 1 rings (SSSR count). The van der Waals surface area contributed by atoms with Crippen LogP contribution in [0.3, 0.4) is 0 Å². The lowest BCUT2D eigenvalue weighted by Gasteiger charge is -2.22. The molecule has 19 heavy (non-hydrogen) atoms. The van der Waals surface area contributed by atoms with E-state index < -0.39 is 4.92 Å². The number of anilines is 1. The monoisotopic (exact) mass is 272 g/mol. The first-order valence-electron chi connectivity index (χ1n) is 6.25. The number of aliphatic hydroxyl groups excluding tert-OH is 2. The van der Waals surface area contributed by atoms with Crippen molar-refractivity contribution >= 4 is 11.5 Å². The third kappa shape index (κ3) is 3.42. The number of aryl methyl sites for hydroxylation is 2. The van der Waals surface area contributed by atoms with Crippen LogP contribution in [0.2, 0.25) is 0 Å². The van der Waals surface area contributed by atoms with Crippen LogP contribution in [0.25, 0.3) is 0 Å². The predicted molar refractivity (Wildman–Crippen MR) is 70.3 cm³/mol. The molecular weight excluding hydrogens is 252 g/mol. The smallest absolute Gasteiger partial charge is 0.333 e. The Morgan fingerprint density at radius 2 is 1.95 bits per heavy atom. The summed E-state index contributed by atoms with van der Waals surface area (Å²) in [5.41, 5.74) is 0.282. The van der Waals surface area contributed by atoms with Crippen LogP contribution in [-0.4, -0.2) is 51.2 Å². The quantitative estimate of drug-likeness (QED) is 0.521. The molecule has 1 aromatic heterocycles. The van der Waals surface area contributed by atoms with Gasteiger partial charge in [0.1, 0.15) is 5.69 Å². The van der Waals surface area contributed by atoms with E-state index in [0.29, 0.717) is 18.1 Å². The standard InChI is InChI=1S/C11H20N4O4/c1-3-4-14-11(13(5-7-16)6-8-17)10(15(18)19)9(2)12-14/h16-17H,3-8H2,1-2H3. The number of hydrogen-bond donors (Lipinski definition) is 2. The molecule has 0 aromatic carbocycles. The Morgan fingerprint density at radius 3 is 2.37 bits per heavy atom.